The predicted molar refractivity (Wildman–Crippen MR) is 59.8 cm³/mol. The van der Waals surface area contributed by atoms with E-state index < -0.39 is 35.7 Å². The smallest absolute Gasteiger partial charge is 0.326 e. The molecule has 0 aromatic carbocycles. The van der Waals surface area contributed by atoms with Crippen LogP contribution >= 0.6 is 0 Å². The molecular formula is C10H11N3O5. The third kappa shape index (κ3) is 3.44. The number of hydrogen-bond acceptors (Lipinski definition) is 4. The Bertz CT molecular complexity index is 536. The number of nitrogens with two attached hydrogens (primary N) is 1. The van der Waals surface area contributed by atoms with Crippen LogP contribution in [0.15, 0.2) is 23.3 Å². The summed E-state index contributed by atoms with van der Waals surface area (Å²) in [4.78, 5) is 46.9. The lowest BCUT2D eigenvalue weighted by Crippen LogP contribution is -2.44. The van der Waals surface area contributed by atoms with Crippen molar-refractivity contribution in [2.75, 3.05) is 0 Å². The first-order valence-corrected chi connectivity index (χ1v) is 4.91. The number of rotatable bonds is 5. The molecule has 2 amide bonds. The number of carboxylic acids is 1. The average Bonchev–Trinajstić information content (AvgIpc) is 2.27. The number of aromatic nitrogens is 1. The van der Waals surface area contributed by atoms with Gasteiger partial charge in [-0.25, -0.2) is 4.79 Å². The minimum atomic E-state index is -1.46. The fraction of sp³-hybridized carbons (Fsp3) is 0.200. The predicted octanol–water partition coefficient (Wildman–Crippen LogP) is -1.57. The fourth-order valence-corrected chi connectivity index (χ4v) is 1.23. The van der Waals surface area contributed by atoms with Gasteiger partial charge in [0.15, 0.2) is 5.43 Å². The highest BCUT2D eigenvalue weighted by atomic mass is 16.4. The van der Waals surface area contributed by atoms with E-state index in [4.69, 9.17) is 10.8 Å². The van der Waals surface area contributed by atoms with Gasteiger partial charge in [-0.1, -0.05) is 0 Å². The van der Waals surface area contributed by atoms with Crippen LogP contribution in [0, 0.1) is 0 Å². The van der Waals surface area contributed by atoms with Crippen molar-refractivity contribution < 1.29 is 19.5 Å². The van der Waals surface area contributed by atoms with Crippen molar-refractivity contribution in [3.63, 3.8) is 0 Å². The molecule has 8 nitrogen and oxygen atoms in total. The molecule has 0 saturated heterocycles. The summed E-state index contributed by atoms with van der Waals surface area (Å²) in [6.45, 7) is 0. The van der Waals surface area contributed by atoms with Gasteiger partial charge < -0.3 is 21.1 Å². The fourth-order valence-electron chi connectivity index (χ4n) is 1.23. The Morgan fingerprint density at radius 1 is 1.44 bits per heavy atom. The van der Waals surface area contributed by atoms with Crippen LogP contribution in [-0.4, -0.2) is 33.9 Å². The summed E-state index contributed by atoms with van der Waals surface area (Å²) < 4.78 is 0. The molecule has 0 spiro atoms. The number of aliphatic carboxylic acids is 1. The summed E-state index contributed by atoms with van der Waals surface area (Å²) in [6, 6.07) is -0.340. The summed E-state index contributed by atoms with van der Waals surface area (Å²) in [5, 5.41) is 10.8. The molecule has 0 aliphatic heterocycles. The molecule has 1 heterocycles. The topological polar surface area (TPSA) is 142 Å². The molecule has 0 radical (unpaired) electrons. The molecule has 1 rings (SSSR count). The Balaban J connectivity index is 2.85. The summed E-state index contributed by atoms with van der Waals surface area (Å²) in [6.07, 6.45) is 1.92. The standard InChI is InChI=1S/C10H11N3O5/c11-8(15)3-6(10(17)18)13-9(16)5-4-12-2-1-7(5)14/h1-2,4,6H,3H2,(H2,11,15)(H,12,14)(H,13,16)(H,17,18)/t6-/m1/s1. The third-order valence-electron chi connectivity index (χ3n) is 2.08. The number of amides is 2. The van der Waals surface area contributed by atoms with Crippen molar-refractivity contribution in [3.05, 3.63) is 34.2 Å². The molecule has 1 aromatic rings. The molecule has 96 valence electrons. The van der Waals surface area contributed by atoms with Gasteiger partial charge in [0.1, 0.15) is 11.6 Å². The molecule has 1 atom stereocenters. The number of pyridine rings is 1. The molecule has 5 N–H and O–H groups in total. The number of hydrogen-bond donors (Lipinski definition) is 4. The zero-order chi connectivity index (χ0) is 13.7. The molecule has 0 aliphatic rings. The van der Waals surface area contributed by atoms with Crippen LogP contribution in [0.4, 0.5) is 0 Å². The van der Waals surface area contributed by atoms with E-state index in [1.165, 1.54) is 6.20 Å². The van der Waals surface area contributed by atoms with Gasteiger partial charge >= 0.3 is 5.97 Å². The van der Waals surface area contributed by atoms with Gasteiger partial charge in [0.2, 0.25) is 5.91 Å². The Morgan fingerprint density at radius 2 is 2.11 bits per heavy atom. The zero-order valence-corrected chi connectivity index (χ0v) is 9.17. The second-order valence-electron chi connectivity index (χ2n) is 3.46. The van der Waals surface area contributed by atoms with Crippen molar-refractivity contribution in [2.24, 2.45) is 5.73 Å². The maximum atomic E-state index is 11.6. The SMILES string of the molecule is NC(=O)C[C@@H](NC(=O)c1c[nH]ccc1=O)C(=O)O. The third-order valence-corrected chi connectivity index (χ3v) is 2.08. The highest BCUT2D eigenvalue weighted by Crippen LogP contribution is 1.95. The maximum absolute atomic E-state index is 11.6. The minimum absolute atomic E-state index is 0.242. The monoisotopic (exact) mass is 253 g/mol. The number of carboxylic acid groups (broad SMARTS) is 1. The first-order chi connectivity index (χ1) is 8.41. The largest absolute Gasteiger partial charge is 0.480 e. The number of nitrogens with one attached hydrogen (secondary N) is 2. The van der Waals surface area contributed by atoms with E-state index in [2.05, 4.69) is 4.98 Å². The highest BCUT2D eigenvalue weighted by Gasteiger charge is 2.23. The van der Waals surface area contributed by atoms with E-state index in [1.807, 2.05) is 5.32 Å². The highest BCUT2D eigenvalue weighted by molar-refractivity contribution is 5.97. The van der Waals surface area contributed by atoms with Crippen LogP contribution < -0.4 is 16.5 Å². The number of H-pyrrole nitrogens is 1. The normalized spacial score (nSPS) is 11.6. The number of carbonyl (C=O) groups is 3. The first-order valence-electron chi connectivity index (χ1n) is 4.91. The van der Waals surface area contributed by atoms with Gasteiger partial charge in [0.25, 0.3) is 5.91 Å². The Morgan fingerprint density at radius 3 is 2.61 bits per heavy atom. The first kappa shape index (κ1) is 13.4. The van der Waals surface area contributed by atoms with Crippen LogP contribution in [0.2, 0.25) is 0 Å². The van der Waals surface area contributed by atoms with Crippen molar-refractivity contribution in [1.82, 2.24) is 10.3 Å². The van der Waals surface area contributed by atoms with E-state index in [9.17, 15) is 19.2 Å². The van der Waals surface area contributed by atoms with Gasteiger partial charge in [-0.15, -0.1) is 0 Å². The van der Waals surface area contributed by atoms with Crippen LogP contribution in [0.25, 0.3) is 0 Å². The molecule has 0 bridgehead atoms. The minimum Gasteiger partial charge on any atom is -0.480 e. The summed E-state index contributed by atoms with van der Waals surface area (Å²) in [5.41, 5.74) is 4.05. The van der Waals surface area contributed by atoms with Crippen LogP contribution in [0.5, 0.6) is 0 Å². The van der Waals surface area contributed by atoms with Gasteiger partial charge in [-0.2, -0.15) is 0 Å². The molecule has 8 heteroatoms. The molecule has 0 fully saturated rings. The van der Waals surface area contributed by atoms with Crippen LogP contribution in [0.3, 0.4) is 0 Å². The second-order valence-corrected chi connectivity index (χ2v) is 3.46. The molecular weight excluding hydrogens is 242 g/mol. The lowest BCUT2D eigenvalue weighted by molar-refractivity contribution is -0.140. The molecule has 0 aliphatic carbocycles. The van der Waals surface area contributed by atoms with Gasteiger partial charge in [0, 0.05) is 18.5 Å². The number of carbonyl (C=O) groups excluding carboxylic acids is 2. The van der Waals surface area contributed by atoms with Gasteiger partial charge in [-0.3, -0.25) is 14.4 Å². The average molecular weight is 253 g/mol. The summed E-state index contributed by atoms with van der Waals surface area (Å²) in [7, 11) is 0. The lowest BCUT2D eigenvalue weighted by Gasteiger charge is -2.12. The summed E-state index contributed by atoms with van der Waals surface area (Å²) >= 11 is 0. The van der Waals surface area contributed by atoms with Gasteiger partial charge in [0.05, 0.1) is 6.42 Å². The van der Waals surface area contributed by atoms with Crippen LogP contribution in [-0.2, 0) is 9.59 Å². The van der Waals surface area contributed by atoms with E-state index in [1.54, 1.807) is 0 Å². The van der Waals surface area contributed by atoms with E-state index in [-0.39, 0.29) is 5.56 Å². The lowest BCUT2D eigenvalue weighted by atomic mass is 10.1. The van der Waals surface area contributed by atoms with Crippen molar-refractivity contribution >= 4 is 17.8 Å². The zero-order valence-electron chi connectivity index (χ0n) is 9.17. The summed E-state index contributed by atoms with van der Waals surface area (Å²) in [5.74, 6) is -3.16. The Hall–Kier alpha value is -2.64. The van der Waals surface area contributed by atoms with Crippen molar-refractivity contribution in [2.45, 2.75) is 12.5 Å². The Labute approximate surface area is 101 Å². The Kier molecular flexibility index (Phi) is 4.19. The van der Waals surface area contributed by atoms with Crippen LogP contribution in [0.1, 0.15) is 16.8 Å². The van der Waals surface area contributed by atoms with E-state index in [0.29, 0.717) is 0 Å². The van der Waals surface area contributed by atoms with E-state index >= 15 is 0 Å². The molecule has 0 saturated carbocycles. The number of primary amides is 1. The maximum Gasteiger partial charge on any atom is 0.326 e. The van der Waals surface area contributed by atoms with Crippen molar-refractivity contribution in [3.8, 4) is 0 Å². The van der Waals surface area contributed by atoms with Gasteiger partial charge in [-0.05, 0) is 0 Å². The molecule has 18 heavy (non-hydrogen) atoms. The van der Waals surface area contributed by atoms with E-state index in [0.717, 1.165) is 12.3 Å². The molecule has 1 aromatic heterocycles. The second kappa shape index (κ2) is 5.62. The quantitative estimate of drug-likeness (QED) is 0.501. The van der Waals surface area contributed by atoms with Crippen molar-refractivity contribution in [1.29, 1.82) is 0 Å². The number of aromatic amines is 1. The molecule has 0 unspecified atom stereocenters.